The van der Waals surface area contributed by atoms with Crippen molar-refractivity contribution in [3.05, 3.63) is 29.3 Å². The number of carbonyl (C=O) groups is 1. The Labute approximate surface area is 119 Å². The Morgan fingerprint density at radius 3 is 2.62 bits per heavy atom. The average molecular weight is 297 g/mol. The van der Waals surface area contributed by atoms with E-state index in [4.69, 9.17) is 11.0 Å². The largest absolute Gasteiger partial charge is 0.416 e. The van der Waals surface area contributed by atoms with Crippen molar-refractivity contribution in [3.8, 4) is 6.07 Å². The Hall–Kier alpha value is -2.23. The lowest BCUT2D eigenvalue weighted by molar-refractivity contribution is -0.137. The van der Waals surface area contributed by atoms with Crippen molar-refractivity contribution in [2.24, 2.45) is 11.1 Å². The smallest absolute Gasteiger partial charge is 0.369 e. The molecule has 1 heterocycles. The van der Waals surface area contributed by atoms with Crippen LogP contribution < -0.4 is 10.6 Å². The number of halogens is 3. The van der Waals surface area contributed by atoms with E-state index in [1.54, 1.807) is 17.9 Å². The zero-order valence-corrected chi connectivity index (χ0v) is 11.4. The van der Waals surface area contributed by atoms with Gasteiger partial charge in [0.15, 0.2) is 0 Å². The average Bonchev–Trinajstić information content (AvgIpc) is 2.81. The lowest BCUT2D eigenvalue weighted by Gasteiger charge is -2.23. The fraction of sp³-hybridized carbons (Fsp3) is 0.429. The van der Waals surface area contributed by atoms with Crippen molar-refractivity contribution in [2.75, 3.05) is 18.0 Å². The van der Waals surface area contributed by atoms with Crippen LogP contribution in [0.15, 0.2) is 18.2 Å². The standard InChI is InChI=1S/C14H14F3N3O/c1-13(12(19)21)4-5-20(8-13)11-3-2-10(14(15,16)17)6-9(11)7-18/h2-3,6H,4-5,8H2,1H3,(H2,19,21). The maximum atomic E-state index is 12.7. The maximum absolute atomic E-state index is 12.7. The summed E-state index contributed by atoms with van der Waals surface area (Å²) in [5, 5.41) is 9.07. The van der Waals surface area contributed by atoms with Gasteiger partial charge in [0.05, 0.1) is 22.2 Å². The molecule has 1 amide bonds. The van der Waals surface area contributed by atoms with E-state index in [1.165, 1.54) is 6.07 Å². The number of nitrogens with zero attached hydrogens (tertiary/aromatic N) is 2. The van der Waals surface area contributed by atoms with Gasteiger partial charge in [-0.15, -0.1) is 0 Å². The van der Waals surface area contributed by atoms with Gasteiger partial charge in [0, 0.05) is 13.1 Å². The number of alkyl halides is 3. The molecule has 1 aliphatic heterocycles. The predicted octanol–water partition coefficient (Wildman–Crippen LogP) is 2.28. The first-order valence-electron chi connectivity index (χ1n) is 6.33. The van der Waals surface area contributed by atoms with Crippen LogP contribution in [0, 0.1) is 16.7 Å². The molecule has 1 aromatic rings. The molecule has 2 rings (SSSR count). The molecule has 1 unspecified atom stereocenters. The molecule has 1 fully saturated rings. The molecule has 1 aliphatic rings. The Bertz CT molecular complexity index is 621. The number of amides is 1. The first kappa shape index (κ1) is 15.2. The zero-order chi connectivity index (χ0) is 15.8. The summed E-state index contributed by atoms with van der Waals surface area (Å²) in [6.07, 6.45) is -3.98. The molecule has 112 valence electrons. The Balaban J connectivity index is 2.34. The SMILES string of the molecule is CC1(C(N)=O)CCN(c2ccc(C(F)(F)F)cc2C#N)C1. The highest BCUT2D eigenvalue weighted by Gasteiger charge is 2.40. The highest BCUT2D eigenvalue weighted by atomic mass is 19.4. The number of nitrogens with two attached hydrogens (primary N) is 1. The minimum absolute atomic E-state index is 0.0569. The third-order valence-electron chi connectivity index (χ3n) is 3.85. The van der Waals surface area contributed by atoms with Crippen LogP contribution in [0.4, 0.5) is 18.9 Å². The van der Waals surface area contributed by atoms with Gasteiger partial charge in [-0.3, -0.25) is 4.79 Å². The topological polar surface area (TPSA) is 70.1 Å². The number of rotatable bonds is 2. The molecule has 7 heteroatoms. The zero-order valence-electron chi connectivity index (χ0n) is 11.4. The number of anilines is 1. The lowest BCUT2D eigenvalue weighted by Crippen LogP contribution is -2.37. The van der Waals surface area contributed by atoms with Crippen molar-refractivity contribution in [1.29, 1.82) is 5.26 Å². The van der Waals surface area contributed by atoms with Crippen molar-refractivity contribution in [3.63, 3.8) is 0 Å². The second-order valence-electron chi connectivity index (χ2n) is 5.44. The summed E-state index contributed by atoms with van der Waals surface area (Å²) >= 11 is 0. The third kappa shape index (κ3) is 2.79. The van der Waals surface area contributed by atoms with E-state index in [2.05, 4.69) is 0 Å². The van der Waals surface area contributed by atoms with Gasteiger partial charge >= 0.3 is 6.18 Å². The lowest BCUT2D eigenvalue weighted by atomic mass is 9.89. The molecule has 0 spiro atoms. The summed E-state index contributed by atoms with van der Waals surface area (Å²) in [6.45, 7) is 2.48. The van der Waals surface area contributed by atoms with Crippen LogP contribution in [-0.2, 0) is 11.0 Å². The van der Waals surface area contributed by atoms with Crippen LogP contribution in [0.5, 0.6) is 0 Å². The quantitative estimate of drug-likeness (QED) is 0.910. The third-order valence-corrected chi connectivity index (χ3v) is 3.85. The number of primary amides is 1. The van der Waals surface area contributed by atoms with E-state index >= 15 is 0 Å². The van der Waals surface area contributed by atoms with E-state index in [-0.39, 0.29) is 5.56 Å². The summed E-state index contributed by atoms with van der Waals surface area (Å²) < 4.78 is 38.0. The van der Waals surface area contributed by atoms with E-state index < -0.39 is 23.1 Å². The predicted molar refractivity (Wildman–Crippen MR) is 70.3 cm³/mol. The van der Waals surface area contributed by atoms with E-state index in [0.29, 0.717) is 25.2 Å². The van der Waals surface area contributed by atoms with Crippen molar-refractivity contribution in [2.45, 2.75) is 19.5 Å². The fourth-order valence-corrected chi connectivity index (χ4v) is 2.45. The maximum Gasteiger partial charge on any atom is 0.416 e. The number of nitriles is 1. The van der Waals surface area contributed by atoms with Crippen LogP contribution in [0.1, 0.15) is 24.5 Å². The summed E-state index contributed by atoms with van der Waals surface area (Å²) in [7, 11) is 0. The number of carbonyl (C=O) groups excluding carboxylic acids is 1. The van der Waals surface area contributed by atoms with Crippen LogP contribution in [-0.4, -0.2) is 19.0 Å². The van der Waals surface area contributed by atoms with Crippen molar-refractivity contribution < 1.29 is 18.0 Å². The van der Waals surface area contributed by atoms with Gasteiger partial charge in [-0.1, -0.05) is 0 Å². The summed E-state index contributed by atoms with van der Waals surface area (Å²) in [4.78, 5) is 13.1. The van der Waals surface area contributed by atoms with Crippen LogP contribution in [0.25, 0.3) is 0 Å². The second kappa shape index (κ2) is 4.95. The molecule has 0 radical (unpaired) electrons. The monoisotopic (exact) mass is 297 g/mol. The highest BCUT2D eigenvalue weighted by Crippen LogP contribution is 2.37. The molecule has 2 N–H and O–H groups in total. The van der Waals surface area contributed by atoms with E-state index in [1.807, 2.05) is 0 Å². The van der Waals surface area contributed by atoms with Crippen LogP contribution >= 0.6 is 0 Å². The molecule has 4 nitrogen and oxygen atoms in total. The molecular weight excluding hydrogens is 283 g/mol. The van der Waals surface area contributed by atoms with Gasteiger partial charge in [0.2, 0.25) is 5.91 Å². The second-order valence-corrected chi connectivity index (χ2v) is 5.44. The molecule has 1 aromatic carbocycles. The van der Waals surface area contributed by atoms with Gasteiger partial charge in [0.1, 0.15) is 6.07 Å². The first-order chi connectivity index (χ1) is 9.67. The Kier molecular flexibility index (Phi) is 3.58. The summed E-state index contributed by atoms with van der Waals surface area (Å²) in [5.41, 5.74) is 4.10. The van der Waals surface area contributed by atoms with Gasteiger partial charge in [-0.25, -0.2) is 0 Å². The van der Waals surface area contributed by atoms with Crippen molar-refractivity contribution in [1.82, 2.24) is 0 Å². The molecule has 21 heavy (non-hydrogen) atoms. The minimum Gasteiger partial charge on any atom is -0.369 e. The molecular formula is C14H14F3N3O. The van der Waals surface area contributed by atoms with Gasteiger partial charge in [0.25, 0.3) is 0 Å². The first-order valence-corrected chi connectivity index (χ1v) is 6.33. The van der Waals surface area contributed by atoms with Gasteiger partial charge < -0.3 is 10.6 Å². The molecule has 1 atom stereocenters. The number of hydrogen-bond donors (Lipinski definition) is 1. The van der Waals surface area contributed by atoms with Gasteiger partial charge in [-0.05, 0) is 31.5 Å². The molecule has 0 aliphatic carbocycles. The molecule has 0 saturated carbocycles. The van der Waals surface area contributed by atoms with E-state index in [0.717, 1.165) is 12.1 Å². The van der Waals surface area contributed by atoms with Crippen LogP contribution in [0.3, 0.4) is 0 Å². The molecule has 0 aromatic heterocycles. The summed E-state index contributed by atoms with van der Waals surface area (Å²) in [6, 6.07) is 4.82. The van der Waals surface area contributed by atoms with E-state index in [9.17, 15) is 18.0 Å². The highest BCUT2D eigenvalue weighted by molar-refractivity contribution is 5.82. The van der Waals surface area contributed by atoms with Gasteiger partial charge in [-0.2, -0.15) is 18.4 Å². The fourth-order valence-electron chi connectivity index (χ4n) is 2.45. The normalized spacial score (nSPS) is 22.1. The van der Waals surface area contributed by atoms with Crippen LogP contribution in [0.2, 0.25) is 0 Å². The molecule has 0 bridgehead atoms. The summed E-state index contributed by atoms with van der Waals surface area (Å²) in [5.74, 6) is -0.449. The molecule has 1 saturated heterocycles. The Morgan fingerprint density at radius 1 is 1.48 bits per heavy atom. The van der Waals surface area contributed by atoms with Crippen molar-refractivity contribution >= 4 is 11.6 Å². The minimum atomic E-state index is -4.49. The number of hydrogen-bond acceptors (Lipinski definition) is 3. The number of benzene rings is 1. The Morgan fingerprint density at radius 2 is 2.14 bits per heavy atom.